The van der Waals surface area contributed by atoms with E-state index in [2.05, 4.69) is 28.7 Å². The van der Waals surface area contributed by atoms with Gasteiger partial charge in [-0.3, -0.25) is 0 Å². The van der Waals surface area contributed by atoms with Gasteiger partial charge in [-0.15, -0.1) is 0 Å². The van der Waals surface area contributed by atoms with Crippen molar-refractivity contribution in [2.24, 2.45) is 0 Å². The lowest BCUT2D eigenvalue weighted by Gasteiger charge is -1.89. The molecule has 0 heterocycles. The van der Waals surface area contributed by atoms with Gasteiger partial charge in [0.25, 0.3) is 0 Å². The van der Waals surface area contributed by atoms with Crippen molar-refractivity contribution in [2.45, 2.75) is 32.1 Å². The predicted molar refractivity (Wildman–Crippen MR) is 45.2 cm³/mol. The van der Waals surface area contributed by atoms with Crippen LogP contribution in [0.1, 0.15) is 32.1 Å². The highest BCUT2D eigenvalue weighted by Crippen LogP contribution is 2.21. The molecule has 0 spiro atoms. The molecule has 0 aromatic heterocycles. The van der Waals surface area contributed by atoms with E-state index < -0.39 is 0 Å². The number of hydrogen-bond donors (Lipinski definition) is 0. The third-order valence-corrected chi connectivity index (χ3v) is 2.47. The average Bonchev–Trinajstić information content (AvgIpc) is 1.94. The fraction of sp³-hybridized carbons (Fsp3) is 0.714. The lowest BCUT2D eigenvalue weighted by molar-refractivity contribution is 0.717. The molecule has 0 N–H and O–H groups in total. The van der Waals surface area contributed by atoms with Crippen LogP contribution in [0.5, 0.6) is 0 Å². The van der Waals surface area contributed by atoms with Crippen molar-refractivity contribution in [3.8, 4) is 0 Å². The molecule has 0 bridgehead atoms. The molecule has 0 fully saturated rings. The first-order chi connectivity index (χ1) is 3.89. The Labute approximate surface area is 64.5 Å². The van der Waals surface area contributed by atoms with Crippen molar-refractivity contribution < 1.29 is 0 Å². The molecule has 8 heavy (non-hydrogen) atoms. The topological polar surface area (TPSA) is 0 Å². The van der Waals surface area contributed by atoms with Crippen molar-refractivity contribution in [3.05, 3.63) is 9.66 Å². The van der Waals surface area contributed by atoms with Gasteiger partial charge in [-0.1, -0.05) is 12.5 Å². The maximum absolute atomic E-state index is 2.44. The normalized spacial score (nSPS) is 21.9. The second-order valence-electron chi connectivity index (χ2n) is 2.25. The highest BCUT2D eigenvalue weighted by Gasteiger charge is 1.96. The van der Waals surface area contributed by atoms with E-state index in [1.54, 1.807) is 3.58 Å². The fourth-order valence-electron chi connectivity index (χ4n) is 0.976. The van der Waals surface area contributed by atoms with Gasteiger partial charge in [0.2, 0.25) is 0 Å². The number of rotatable bonds is 0. The highest BCUT2D eigenvalue weighted by atomic mass is 127. The van der Waals surface area contributed by atoms with Crippen LogP contribution in [0.25, 0.3) is 0 Å². The largest absolute Gasteiger partial charge is 0.0752 e. The van der Waals surface area contributed by atoms with E-state index in [0.717, 1.165) is 0 Å². The van der Waals surface area contributed by atoms with Gasteiger partial charge < -0.3 is 0 Å². The van der Waals surface area contributed by atoms with E-state index in [0.29, 0.717) is 0 Å². The Morgan fingerprint density at radius 3 is 3.00 bits per heavy atom. The van der Waals surface area contributed by atoms with Crippen molar-refractivity contribution in [3.63, 3.8) is 0 Å². The minimum Gasteiger partial charge on any atom is -0.0752 e. The Morgan fingerprint density at radius 2 is 2.12 bits per heavy atom. The van der Waals surface area contributed by atoms with E-state index in [-0.39, 0.29) is 0 Å². The van der Waals surface area contributed by atoms with E-state index in [1.807, 2.05) is 0 Å². The van der Waals surface area contributed by atoms with Gasteiger partial charge >= 0.3 is 0 Å². The molecule has 1 aliphatic rings. The van der Waals surface area contributed by atoms with Crippen molar-refractivity contribution in [1.29, 1.82) is 0 Å². The van der Waals surface area contributed by atoms with E-state index in [1.165, 1.54) is 32.1 Å². The molecule has 1 rings (SSSR count). The summed E-state index contributed by atoms with van der Waals surface area (Å²) in [5.41, 5.74) is 0. The van der Waals surface area contributed by atoms with Gasteiger partial charge in [0.1, 0.15) is 0 Å². The van der Waals surface area contributed by atoms with Crippen LogP contribution in [0.2, 0.25) is 0 Å². The van der Waals surface area contributed by atoms with Gasteiger partial charge in [0.05, 0.1) is 0 Å². The molecule has 1 aliphatic carbocycles. The summed E-state index contributed by atoms with van der Waals surface area (Å²) < 4.78 is 1.57. The number of hydrogen-bond acceptors (Lipinski definition) is 0. The van der Waals surface area contributed by atoms with Gasteiger partial charge in [-0.25, -0.2) is 0 Å². The highest BCUT2D eigenvalue weighted by molar-refractivity contribution is 14.1. The van der Waals surface area contributed by atoms with Crippen LogP contribution in [-0.2, 0) is 0 Å². The summed E-state index contributed by atoms with van der Waals surface area (Å²) in [4.78, 5) is 0. The molecular formula is C7H11I. The molecule has 0 radical (unpaired) electrons. The molecule has 0 aliphatic heterocycles. The van der Waals surface area contributed by atoms with Crippen LogP contribution in [0.3, 0.4) is 0 Å². The molecule has 0 unspecified atom stereocenters. The summed E-state index contributed by atoms with van der Waals surface area (Å²) in [6.45, 7) is 0. The monoisotopic (exact) mass is 222 g/mol. The SMILES string of the molecule is IC1=CCCCCC1. The summed E-state index contributed by atoms with van der Waals surface area (Å²) >= 11 is 2.44. The quantitative estimate of drug-likeness (QED) is 0.552. The van der Waals surface area contributed by atoms with Crippen LogP contribution in [0.4, 0.5) is 0 Å². The third kappa shape index (κ3) is 2.16. The standard InChI is InChI=1S/C7H11I/c8-7-5-3-1-2-4-6-7/h5H,1-4,6H2. The molecular weight excluding hydrogens is 211 g/mol. The summed E-state index contributed by atoms with van der Waals surface area (Å²) in [7, 11) is 0. The Bertz CT molecular complexity index is 94.6. The maximum atomic E-state index is 2.44. The smallest absolute Gasteiger partial charge is 0.0134 e. The molecule has 0 saturated carbocycles. The fourth-order valence-corrected chi connectivity index (χ4v) is 1.67. The molecule has 0 aromatic carbocycles. The number of allylic oxidation sites excluding steroid dienone is 2. The Hall–Kier alpha value is 0.470. The molecule has 46 valence electrons. The summed E-state index contributed by atoms with van der Waals surface area (Å²) in [6, 6.07) is 0. The van der Waals surface area contributed by atoms with Crippen LogP contribution in [0.15, 0.2) is 9.66 Å². The Kier molecular flexibility index (Phi) is 2.87. The van der Waals surface area contributed by atoms with Gasteiger partial charge in [0.15, 0.2) is 0 Å². The van der Waals surface area contributed by atoms with E-state index in [4.69, 9.17) is 0 Å². The van der Waals surface area contributed by atoms with Crippen molar-refractivity contribution >= 4 is 22.6 Å². The van der Waals surface area contributed by atoms with Gasteiger partial charge in [-0.2, -0.15) is 0 Å². The van der Waals surface area contributed by atoms with Gasteiger partial charge in [-0.05, 0) is 51.9 Å². The lowest BCUT2D eigenvalue weighted by Crippen LogP contribution is -1.68. The van der Waals surface area contributed by atoms with Crippen molar-refractivity contribution in [2.75, 3.05) is 0 Å². The first-order valence-electron chi connectivity index (χ1n) is 3.24. The molecule has 0 nitrogen and oxygen atoms in total. The van der Waals surface area contributed by atoms with Crippen LogP contribution in [0, 0.1) is 0 Å². The molecule has 0 saturated heterocycles. The zero-order valence-corrected chi connectivity index (χ0v) is 7.15. The second kappa shape index (κ2) is 3.49. The minimum absolute atomic E-state index is 1.32. The van der Waals surface area contributed by atoms with Crippen LogP contribution < -0.4 is 0 Å². The maximum Gasteiger partial charge on any atom is -0.0134 e. The predicted octanol–water partition coefficient (Wildman–Crippen LogP) is 3.27. The Morgan fingerprint density at radius 1 is 1.25 bits per heavy atom. The first kappa shape index (κ1) is 6.59. The molecule has 1 heteroatoms. The molecule has 0 atom stereocenters. The zero-order chi connectivity index (χ0) is 5.82. The molecule has 0 amide bonds. The summed E-state index contributed by atoms with van der Waals surface area (Å²) in [6.07, 6.45) is 9.27. The van der Waals surface area contributed by atoms with E-state index in [9.17, 15) is 0 Å². The lowest BCUT2D eigenvalue weighted by atomic mass is 10.2. The van der Waals surface area contributed by atoms with E-state index >= 15 is 0 Å². The first-order valence-corrected chi connectivity index (χ1v) is 4.32. The summed E-state index contributed by atoms with van der Waals surface area (Å²) in [5.74, 6) is 0. The minimum atomic E-state index is 1.32. The molecule has 0 aromatic rings. The second-order valence-corrected chi connectivity index (χ2v) is 3.64. The average molecular weight is 222 g/mol. The van der Waals surface area contributed by atoms with Gasteiger partial charge in [0, 0.05) is 0 Å². The zero-order valence-electron chi connectivity index (χ0n) is 4.99. The third-order valence-electron chi connectivity index (χ3n) is 1.49. The number of halogens is 1. The summed E-state index contributed by atoms with van der Waals surface area (Å²) in [5, 5.41) is 0. The van der Waals surface area contributed by atoms with Crippen LogP contribution >= 0.6 is 22.6 Å². The van der Waals surface area contributed by atoms with Crippen LogP contribution in [-0.4, -0.2) is 0 Å². The Balaban J connectivity index is 2.36. The van der Waals surface area contributed by atoms with Crippen molar-refractivity contribution in [1.82, 2.24) is 0 Å².